The minimum Gasteiger partial charge on any atom is -0.385 e. The average Bonchev–Trinajstić information content (AvgIpc) is 2.83. The fraction of sp³-hybridized carbons (Fsp3) is 0.562. The van der Waals surface area contributed by atoms with Crippen molar-refractivity contribution in [2.75, 3.05) is 33.4 Å². The van der Waals surface area contributed by atoms with E-state index in [9.17, 15) is 0 Å². The number of hydrogen-bond acceptors (Lipinski definition) is 4. The van der Waals surface area contributed by atoms with Crippen LogP contribution < -0.4 is 0 Å². The highest BCUT2D eigenvalue weighted by Gasteiger charge is 2.22. The molecule has 6 heteroatoms. The van der Waals surface area contributed by atoms with E-state index in [1.54, 1.807) is 7.11 Å². The Morgan fingerprint density at radius 2 is 2.32 bits per heavy atom. The molecule has 1 aromatic carbocycles. The van der Waals surface area contributed by atoms with E-state index >= 15 is 0 Å². The van der Waals surface area contributed by atoms with Crippen LogP contribution in [0.25, 0.3) is 10.9 Å². The molecule has 0 radical (unpaired) electrons. The second-order valence-electron chi connectivity index (χ2n) is 5.71. The Balaban J connectivity index is 1.75. The SMILES string of the molecule is COCC[C@H]1CN(Cc2nn(C)c3cccc(Cl)c23)CCO1. The smallest absolute Gasteiger partial charge is 0.0858 e. The van der Waals surface area contributed by atoms with Crippen LogP contribution in [-0.4, -0.2) is 54.2 Å². The van der Waals surface area contributed by atoms with Gasteiger partial charge in [-0.2, -0.15) is 5.10 Å². The summed E-state index contributed by atoms with van der Waals surface area (Å²) < 4.78 is 12.8. The quantitative estimate of drug-likeness (QED) is 0.847. The van der Waals surface area contributed by atoms with Gasteiger partial charge in [-0.05, 0) is 18.6 Å². The number of morpholine rings is 1. The summed E-state index contributed by atoms with van der Waals surface area (Å²) in [5.74, 6) is 0. The van der Waals surface area contributed by atoms with Crippen LogP contribution in [-0.2, 0) is 23.1 Å². The van der Waals surface area contributed by atoms with Crippen molar-refractivity contribution in [1.29, 1.82) is 0 Å². The minimum atomic E-state index is 0.235. The summed E-state index contributed by atoms with van der Waals surface area (Å²) in [5, 5.41) is 6.49. The molecule has 2 heterocycles. The number of nitrogens with zero attached hydrogens (tertiary/aromatic N) is 3. The number of fused-ring (bicyclic) bond motifs is 1. The van der Waals surface area contributed by atoms with Gasteiger partial charge in [-0.15, -0.1) is 0 Å². The number of aryl methyl sites for hydroxylation is 1. The Kier molecular flexibility index (Phi) is 4.98. The van der Waals surface area contributed by atoms with E-state index in [2.05, 4.69) is 16.1 Å². The molecule has 1 aliphatic heterocycles. The molecular formula is C16H22ClN3O2. The monoisotopic (exact) mass is 323 g/mol. The predicted octanol–water partition coefficient (Wildman–Crippen LogP) is 2.46. The zero-order valence-corrected chi connectivity index (χ0v) is 13.8. The lowest BCUT2D eigenvalue weighted by atomic mass is 10.1. The standard InChI is InChI=1S/C16H22ClN3O2/c1-19-15-5-3-4-13(17)16(15)14(18-19)11-20-7-9-22-12(10-20)6-8-21-2/h3-5,12H,6-11H2,1-2H3/t12-/m0/s1. The number of ether oxygens (including phenoxy) is 2. The molecule has 1 aliphatic rings. The minimum absolute atomic E-state index is 0.235. The molecule has 1 fully saturated rings. The van der Waals surface area contributed by atoms with E-state index in [0.717, 1.165) is 60.9 Å². The van der Waals surface area contributed by atoms with E-state index in [1.807, 2.05) is 23.9 Å². The fourth-order valence-corrected chi connectivity index (χ4v) is 3.30. The Labute approximate surface area is 135 Å². The maximum atomic E-state index is 6.38. The van der Waals surface area contributed by atoms with Crippen LogP contribution in [0.5, 0.6) is 0 Å². The first-order valence-corrected chi connectivity index (χ1v) is 8.00. The molecule has 2 aromatic rings. The van der Waals surface area contributed by atoms with Crippen molar-refractivity contribution in [2.24, 2.45) is 7.05 Å². The summed E-state index contributed by atoms with van der Waals surface area (Å²) in [5.41, 5.74) is 2.11. The fourth-order valence-electron chi connectivity index (χ4n) is 3.02. The molecule has 0 saturated carbocycles. The first-order valence-electron chi connectivity index (χ1n) is 7.62. The molecule has 120 valence electrons. The van der Waals surface area contributed by atoms with Gasteiger partial charge in [-0.1, -0.05) is 17.7 Å². The van der Waals surface area contributed by atoms with Crippen LogP contribution in [0.1, 0.15) is 12.1 Å². The Bertz CT molecular complexity index is 644. The summed E-state index contributed by atoms with van der Waals surface area (Å²) in [7, 11) is 3.69. The highest BCUT2D eigenvalue weighted by Crippen LogP contribution is 2.27. The van der Waals surface area contributed by atoms with Gasteiger partial charge < -0.3 is 9.47 Å². The van der Waals surface area contributed by atoms with Crippen LogP contribution >= 0.6 is 11.6 Å². The largest absolute Gasteiger partial charge is 0.385 e. The van der Waals surface area contributed by atoms with Crippen molar-refractivity contribution in [2.45, 2.75) is 19.1 Å². The number of benzene rings is 1. The molecule has 0 N–H and O–H groups in total. The van der Waals surface area contributed by atoms with Crippen LogP contribution in [0.3, 0.4) is 0 Å². The third-order valence-corrected chi connectivity index (χ3v) is 4.45. The average molecular weight is 324 g/mol. The zero-order valence-electron chi connectivity index (χ0n) is 13.1. The molecule has 5 nitrogen and oxygen atoms in total. The first kappa shape index (κ1) is 15.7. The summed E-state index contributed by atoms with van der Waals surface area (Å²) >= 11 is 6.38. The molecule has 1 aromatic heterocycles. The van der Waals surface area contributed by atoms with Gasteiger partial charge in [0.1, 0.15) is 0 Å². The maximum Gasteiger partial charge on any atom is 0.0858 e. The molecule has 0 unspecified atom stereocenters. The number of aromatic nitrogens is 2. The van der Waals surface area contributed by atoms with Crippen molar-refractivity contribution in [3.8, 4) is 0 Å². The van der Waals surface area contributed by atoms with Crippen molar-refractivity contribution < 1.29 is 9.47 Å². The molecule has 0 spiro atoms. The molecular weight excluding hydrogens is 302 g/mol. The summed E-state index contributed by atoms with van der Waals surface area (Å²) in [6, 6.07) is 5.94. The van der Waals surface area contributed by atoms with E-state index in [-0.39, 0.29) is 6.10 Å². The molecule has 22 heavy (non-hydrogen) atoms. The summed E-state index contributed by atoms with van der Waals surface area (Å²) in [6.07, 6.45) is 1.16. The van der Waals surface area contributed by atoms with Gasteiger partial charge in [0.05, 0.1) is 28.9 Å². The highest BCUT2D eigenvalue weighted by molar-refractivity contribution is 6.35. The third-order valence-electron chi connectivity index (χ3n) is 4.14. The number of rotatable bonds is 5. The third kappa shape index (κ3) is 3.27. The van der Waals surface area contributed by atoms with E-state index in [4.69, 9.17) is 21.1 Å². The Morgan fingerprint density at radius 1 is 1.45 bits per heavy atom. The first-order chi connectivity index (χ1) is 10.7. The van der Waals surface area contributed by atoms with Gasteiger partial charge in [-0.25, -0.2) is 0 Å². The van der Waals surface area contributed by atoms with Gasteiger partial charge in [0.15, 0.2) is 0 Å². The summed E-state index contributed by atoms with van der Waals surface area (Å²) in [4.78, 5) is 2.38. The second kappa shape index (κ2) is 6.96. The van der Waals surface area contributed by atoms with Crippen molar-refractivity contribution in [3.05, 3.63) is 28.9 Å². The lowest BCUT2D eigenvalue weighted by molar-refractivity contribution is -0.0434. The number of halogens is 1. The zero-order chi connectivity index (χ0) is 15.5. The normalized spacial score (nSPS) is 19.9. The molecule has 1 saturated heterocycles. The molecule has 0 amide bonds. The van der Waals surface area contributed by atoms with Gasteiger partial charge in [0, 0.05) is 45.8 Å². The lowest BCUT2D eigenvalue weighted by Gasteiger charge is -2.32. The second-order valence-corrected chi connectivity index (χ2v) is 6.12. The van der Waals surface area contributed by atoms with Gasteiger partial charge in [-0.3, -0.25) is 9.58 Å². The predicted molar refractivity (Wildman–Crippen MR) is 87.2 cm³/mol. The number of hydrogen-bond donors (Lipinski definition) is 0. The topological polar surface area (TPSA) is 39.5 Å². The molecule has 0 aliphatic carbocycles. The van der Waals surface area contributed by atoms with Crippen LogP contribution in [0.4, 0.5) is 0 Å². The van der Waals surface area contributed by atoms with Crippen molar-refractivity contribution in [3.63, 3.8) is 0 Å². The highest BCUT2D eigenvalue weighted by atomic mass is 35.5. The van der Waals surface area contributed by atoms with Crippen molar-refractivity contribution in [1.82, 2.24) is 14.7 Å². The molecule has 1 atom stereocenters. The van der Waals surface area contributed by atoms with E-state index in [0.29, 0.717) is 0 Å². The van der Waals surface area contributed by atoms with Gasteiger partial charge >= 0.3 is 0 Å². The molecule has 0 bridgehead atoms. The Hall–Kier alpha value is -1.14. The van der Waals surface area contributed by atoms with Crippen LogP contribution in [0.15, 0.2) is 18.2 Å². The maximum absolute atomic E-state index is 6.38. The molecule has 3 rings (SSSR count). The van der Waals surface area contributed by atoms with Gasteiger partial charge in [0.25, 0.3) is 0 Å². The van der Waals surface area contributed by atoms with Gasteiger partial charge in [0.2, 0.25) is 0 Å². The van der Waals surface area contributed by atoms with E-state index < -0.39 is 0 Å². The van der Waals surface area contributed by atoms with E-state index in [1.165, 1.54) is 0 Å². The van der Waals surface area contributed by atoms with Crippen molar-refractivity contribution >= 4 is 22.5 Å². The number of methoxy groups -OCH3 is 1. The lowest BCUT2D eigenvalue weighted by Crippen LogP contribution is -2.42. The van der Waals surface area contributed by atoms with Crippen LogP contribution in [0.2, 0.25) is 5.02 Å². The Morgan fingerprint density at radius 3 is 3.14 bits per heavy atom. The van der Waals surface area contributed by atoms with Crippen LogP contribution in [0, 0.1) is 0 Å². The summed E-state index contributed by atoms with van der Waals surface area (Å²) in [6.45, 7) is 4.12.